The SMILES string of the molecule is C.C.C.C=C(C)C(=O)OCCCC.C=C(C)C(=O)OCCOCC(O)COCCCC.C=C(C)C(=O)OCCOCCCC. The van der Waals surface area contributed by atoms with Gasteiger partial charge in [-0.3, -0.25) is 0 Å². The lowest BCUT2D eigenvalue weighted by molar-refractivity contribution is -0.141. The monoisotopic (exact) mass is 636 g/mol. The third kappa shape index (κ3) is 43.9. The fraction of sp³-hybridized carbons (Fsp3) is 0.735. The van der Waals surface area contributed by atoms with E-state index >= 15 is 0 Å². The number of rotatable bonds is 22. The van der Waals surface area contributed by atoms with Crippen molar-refractivity contribution in [1.82, 2.24) is 0 Å². The molecule has 0 saturated heterocycles. The number of esters is 3. The third-order valence-corrected chi connectivity index (χ3v) is 4.60. The Morgan fingerprint density at radius 3 is 1.18 bits per heavy atom. The summed E-state index contributed by atoms with van der Waals surface area (Å²) in [6.45, 7) is 25.0. The normalized spacial score (nSPS) is 9.89. The average molecular weight is 637 g/mol. The van der Waals surface area contributed by atoms with Gasteiger partial charge in [0.05, 0.1) is 33.0 Å². The molecule has 44 heavy (non-hydrogen) atoms. The summed E-state index contributed by atoms with van der Waals surface area (Å²) in [7, 11) is 0. The molecule has 0 heterocycles. The zero-order valence-corrected chi connectivity index (χ0v) is 26.4. The molecule has 0 aromatic carbocycles. The second-order valence-corrected chi connectivity index (χ2v) is 9.23. The van der Waals surface area contributed by atoms with Crippen LogP contribution in [0.2, 0.25) is 0 Å². The van der Waals surface area contributed by atoms with Gasteiger partial charge in [0.15, 0.2) is 0 Å². The first kappa shape index (κ1) is 54.0. The van der Waals surface area contributed by atoms with Crippen LogP contribution in [0.4, 0.5) is 0 Å². The van der Waals surface area contributed by atoms with Crippen LogP contribution in [0.25, 0.3) is 0 Å². The van der Waals surface area contributed by atoms with Crippen molar-refractivity contribution in [3.05, 3.63) is 36.5 Å². The van der Waals surface area contributed by atoms with E-state index in [9.17, 15) is 19.5 Å². The van der Waals surface area contributed by atoms with Crippen LogP contribution >= 0.6 is 0 Å². The van der Waals surface area contributed by atoms with E-state index in [0.717, 1.165) is 45.1 Å². The standard InChI is InChI=1S/C13H24O5.C10H18O3.C8H14O2.3CH4/c1-4-5-6-16-9-12(14)10-17-7-8-18-13(15)11(2)3;1-4-5-6-12-7-8-13-10(11)9(2)3;1-4-5-6-10-8(9)7(2)3;;;/h12,14H,2,4-10H2,1,3H3;2,4-8H2,1,3H3;2,4-6H2,1,3H3;3*1H4. The summed E-state index contributed by atoms with van der Waals surface area (Å²) in [5, 5.41) is 9.47. The largest absolute Gasteiger partial charge is 0.462 e. The fourth-order valence-corrected chi connectivity index (χ4v) is 2.15. The Balaban J connectivity index is -0.000000124. The smallest absolute Gasteiger partial charge is 0.333 e. The first-order valence-electron chi connectivity index (χ1n) is 14.3. The second kappa shape index (κ2) is 40.5. The molecule has 264 valence electrons. The Labute approximate surface area is 270 Å². The van der Waals surface area contributed by atoms with Gasteiger partial charge in [0.25, 0.3) is 0 Å². The lowest BCUT2D eigenvalue weighted by Crippen LogP contribution is -2.23. The van der Waals surface area contributed by atoms with Crippen LogP contribution in [0.3, 0.4) is 0 Å². The van der Waals surface area contributed by atoms with E-state index in [2.05, 4.69) is 40.5 Å². The van der Waals surface area contributed by atoms with Crippen molar-refractivity contribution in [3.8, 4) is 0 Å². The molecule has 0 aliphatic rings. The Morgan fingerprint density at radius 2 is 0.818 bits per heavy atom. The molecule has 0 aliphatic carbocycles. The highest BCUT2D eigenvalue weighted by molar-refractivity contribution is 5.87. The van der Waals surface area contributed by atoms with Gasteiger partial charge < -0.3 is 33.5 Å². The zero-order valence-electron chi connectivity index (χ0n) is 26.4. The van der Waals surface area contributed by atoms with Gasteiger partial charge in [-0.15, -0.1) is 0 Å². The Hall–Kier alpha value is -2.53. The van der Waals surface area contributed by atoms with Gasteiger partial charge in [-0.2, -0.15) is 0 Å². The van der Waals surface area contributed by atoms with E-state index in [4.69, 9.17) is 28.4 Å². The summed E-state index contributed by atoms with van der Waals surface area (Å²) in [6, 6.07) is 0. The highest BCUT2D eigenvalue weighted by Crippen LogP contribution is 1.96. The number of hydrogen-bond donors (Lipinski definition) is 1. The lowest BCUT2D eigenvalue weighted by atomic mass is 10.3. The molecule has 1 N–H and O–H groups in total. The molecular formula is C34H68O10. The maximum absolute atomic E-state index is 11.0. The quantitative estimate of drug-likeness (QED) is 0.0572. The van der Waals surface area contributed by atoms with Crippen LogP contribution in [0, 0.1) is 0 Å². The summed E-state index contributed by atoms with van der Waals surface area (Å²) in [5.74, 6) is -1.06. The molecule has 0 saturated carbocycles. The van der Waals surface area contributed by atoms with Crippen molar-refractivity contribution >= 4 is 17.9 Å². The van der Waals surface area contributed by atoms with Crippen molar-refractivity contribution in [3.63, 3.8) is 0 Å². The minimum absolute atomic E-state index is 0. The van der Waals surface area contributed by atoms with Crippen LogP contribution < -0.4 is 0 Å². The van der Waals surface area contributed by atoms with E-state index < -0.39 is 12.1 Å². The van der Waals surface area contributed by atoms with Crippen molar-refractivity contribution in [1.29, 1.82) is 0 Å². The van der Waals surface area contributed by atoms with Gasteiger partial charge >= 0.3 is 17.9 Å². The molecule has 0 amide bonds. The topological polar surface area (TPSA) is 127 Å². The van der Waals surface area contributed by atoms with Gasteiger partial charge in [0.2, 0.25) is 0 Å². The molecule has 0 aliphatic heterocycles. The van der Waals surface area contributed by atoms with Gasteiger partial charge in [-0.05, 0) is 40.0 Å². The van der Waals surface area contributed by atoms with E-state index in [0.29, 0.717) is 43.1 Å². The van der Waals surface area contributed by atoms with Crippen molar-refractivity contribution in [2.45, 2.75) is 108 Å². The molecule has 10 heteroatoms. The van der Waals surface area contributed by atoms with E-state index in [-0.39, 0.29) is 60.6 Å². The summed E-state index contributed by atoms with van der Waals surface area (Å²) in [6.07, 6.45) is 5.56. The van der Waals surface area contributed by atoms with E-state index in [1.165, 1.54) is 0 Å². The number of hydrogen-bond acceptors (Lipinski definition) is 10. The molecule has 0 fully saturated rings. The first-order chi connectivity index (χ1) is 19.4. The number of carbonyl (C=O) groups is 3. The highest BCUT2D eigenvalue weighted by Gasteiger charge is 2.06. The maximum Gasteiger partial charge on any atom is 0.333 e. The Bertz CT molecular complexity index is 719. The molecule has 0 radical (unpaired) electrons. The van der Waals surface area contributed by atoms with Crippen LogP contribution in [0.15, 0.2) is 36.5 Å². The molecular weight excluding hydrogens is 568 g/mol. The second-order valence-electron chi connectivity index (χ2n) is 9.23. The predicted octanol–water partition coefficient (Wildman–Crippen LogP) is 7.04. The summed E-state index contributed by atoms with van der Waals surface area (Å²) >= 11 is 0. The predicted molar refractivity (Wildman–Crippen MR) is 181 cm³/mol. The fourth-order valence-electron chi connectivity index (χ4n) is 2.15. The molecule has 1 atom stereocenters. The molecule has 0 aromatic rings. The van der Waals surface area contributed by atoms with Crippen molar-refractivity contribution in [2.75, 3.05) is 59.5 Å². The number of carbonyl (C=O) groups excluding carboxylic acids is 3. The summed E-state index contributed by atoms with van der Waals surface area (Å²) in [5.41, 5.74) is 1.25. The molecule has 0 rings (SSSR count). The molecule has 1 unspecified atom stereocenters. The molecule has 0 spiro atoms. The maximum atomic E-state index is 11.0. The average Bonchev–Trinajstić information content (AvgIpc) is 2.93. The van der Waals surface area contributed by atoms with Crippen LogP contribution in [0.1, 0.15) is 102 Å². The molecule has 0 bridgehead atoms. The van der Waals surface area contributed by atoms with Crippen molar-refractivity contribution < 1.29 is 47.9 Å². The van der Waals surface area contributed by atoms with Crippen molar-refractivity contribution in [2.24, 2.45) is 0 Å². The summed E-state index contributed by atoms with van der Waals surface area (Å²) < 4.78 is 30.0. The number of unbranched alkanes of at least 4 members (excludes halogenated alkanes) is 3. The number of ether oxygens (including phenoxy) is 6. The van der Waals surface area contributed by atoms with Crippen LogP contribution in [-0.2, 0) is 42.8 Å². The molecule has 0 aromatic heterocycles. The van der Waals surface area contributed by atoms with Gasteiger partial charge in [-0.1, -0.05) is 82.1 Å². The lowest BCUT2D eigenvalue weighted by Gasteiger charge is -2.11. The Morgan fingerprint density at radius 1 is 0.523 bits per heavy atom. The Kier molecular flexibility index (Phi) is 49.7. The van der Waals surface area contributed by atoms with Gasteiger partial charge in [0.1, 0.15) is 19.3 Å². The van der Waals surface area contributed by atoms with E-state index in [1.54, 1.807) is 20.8 Å². The van der Waals surface area contributed by atoms with E-state index in [1.807, 2.05) is 0 Å². The minimum Gasteiger partial charge on any atom is -0.462 e. The van der Waals surface area contributed by atoms with Crippen LogP contribution in [0.5, 0.6) is 0 Å². The highest BCUT2D eigenvalue weighted by atomic mass is 16.6. The summed E-state index contributed by atoms with van der Waals surface area (Å²) in [4.78, 5) is 32.5. The zero-order chi connectivity index (χ0) is 31.9. The minimum atomic E-state index is -0.640. The molecule has 10 nitrogen and oxygen atoms in total. The number of aliphatic hydroxyl groups is 1. The third-order valence-electron chi connectivity index (χ3n) is 4.60. The first-order valence-corrected chi connectivity index (χ1v) is 14.3. The van der Waals surface area contributed by atoms with Gasteiger partial charge in [-0.25, -0.2) is 14.4 Å². The van der Waals surface area contributed by atoms with Crippen LogP contribution in [-0.4, -0.2) is 88.6 Å². The van der Waals surface area contributed by atoms with Gasteiger partial charge in [0, 0.05) is 29.9 Å². The number of aliphatic hydroxyl groups excluding tert-OH is 1.